The van der Waals surface area contributed by atoms with Crippen molar-refractivity contribution < 1.29 is 9.53 Å². The monoisotopic (exact) mass is 233 g/mol. The van der Waals surface area contributed by atoms with Gasteiger partial charge in [-0.3, -0.25) is 4.79 Å². The van der Waals surface area contributed by atoms with Gasteiger partial charge in [-0.1, -0.05) is 0 Å². The van der Waals surface area contributed by atoms with Gasteiger partial charge in [0.1, 0.15) is 5.75 Å². The van der Waals surface area contributed by atoms with Gasteiger partial charge >= 0.3 is 0 Å². The van der Waals surface area contributed by atoms with Gasteiger partial charge in [0.15, 0.2) is 0 Å². The molecule has 0 aliphatic heterocycles. The van der Waals surface area contributed by atoms with Gasteiger partial charge in [0.25, 0.3) is 5.91 Å². The normalized spacial score (nSPS) is 10.6. The molecular formula is C12H15N3O2. The maximum absolute atomic E-state index is 12.0. The second kappa shape index (κ2) is 4.08. The van der Waals surface area contributed by atoms with Crippen molar-refractivity contribution in [1.82, 2.24) is 14.5 Å². The summed E-state index contributed by atoms with van der Waals surface area (Å²) in [6.45, 7) is 1.92. The van der Waals surface area contributed by atoms with Gasteiger partial charge in [0, 0.05) is 31.9 Å². The third-order valence-electron chi connectivity index (χ3n) is 2.64. The summed E-state index contributed by atoms with van der Waals surface area (Å²) < 4.78 is 6.94. The number of carbonyl (C=O) groups is 1. The first-order valence-corrected chi connectivity index (χ1v) is 5.28. The Labute approximate surface area is 99.6 Å². The Morgan fingerprint density at radius 1 is 1.41 bits per heavy atom. The van der Waals surface area contributed by atoms with E-state index < -0.39 is 0 Å². The first kappa shape index (κ1) is 11.4. The van der Waals surface area contributed by atoms with Crippen LogP contribution >= 0.6 is 0 Å². The van der Waals surface area contributed by atoms with Gasteiger partial charge in [0.05, 0.1) is 24.4 Å². The maximum atomic E-state index is 12.0. The van der Waals surface area contributed by atoms with E-state index in [0.717, 1.165) is 17.0 Å². The van der Waals surface area contributed by atoms with Crippen molar-refractivity contribution in [3.63, 3.8) is 0 Å². The lowest BCUT2D eigenvalue weighted by Gasteiger charge is -2.09. The second-order valence-electron chi connectivity index (χ2n) is 4.09. The lowest BCUT2D eigenvalue weighted by atomic mass is 10.2. The van der Waals surface area contributed by atoms with Crippen molar-refractivity contribution in [3.8, 4) is 5.75 Å². The van der Waals surface area contributed by atoms with Gasteiger partial charge in [-0.2, -0.15) is 5.10 Å². The third kappa shape index (κ3) is 1.84. The molecule has 0 N–H and O–H groups in total. The number of rotatable bonds is 2. The van der Waals surface area contributed by atoms with E-state index in [4.69, 9.17) is 4.74 Å². The van der Waals surface area contributed by atoms with Crippen molar-refractivity contribution in [2.75, 3.05) is 21.2 Å². The highest BCUT2D eigenvalue weighted by atomic mass is 16.5. The molecule has 0 fully saturated rings. The number of nitrogens with zero attached hydrogens (tertiary/aromatic N) is 3. The van der Waals surface area contributed by atoms with Crippen LogP contribution in [0.15, 0.2) is 18.3 Å². The van der Waals surface area contributed by atoms with Gasteiger partial charge in [-0.15, -0.1) is 0 Å². The first-order chi connectivity index (χ1) is 8.04. The highest BCUT2D eigenvalue weighted by molar-refractivity contribution is 6.00. The molecule has 17 heavy (non-hydrogen) atoms. The number of hydrogen-bond acceptors (Lipinski definition) is 3. The summed E-state index contributed by atoms with van der Waals surface area (Å²) in [6.07, 6.45) is 1.59. The van der Waals surface area contributed by atoms with Crippen LogP contribution < -0.4 is 4.74 Å². The zero-order chi connectivity index (χ0) is 12.6. The molecule has 2 aromatic rings. The summed E-state index contributed by atoms with van der Waals surface area (Å²) >= 11 is 0. The molecule has 5 heteroatoms. The number of aryl methyl sites for hydroxylation is 1. The van der Waals surface area contributed by atoms with E-state index in [2.05, 4.69) is 5.10 Å². The summed E-state index contributed by atoms with van der Waals surface area (Å²) in [4.78, 5) is 13.5. The standard InChI is InChI=1S/C12H15N3O2/c1-8-5-9(17-4)6-11-10(7-13-15(8)11)12(16)14(2)3/h5-7H,1-4H3. The van der Waals surface area contributed by atoms with Gasteiger partial charge < -0.3 is 9.64 Å². The van der Waals surface area contributed by atoms with Crippen LogP contribution in [0.4, 0.5) is 0 Å². The number of methoxy groups -OCH3 is 1. The average molecular weight is 233 g/mol. The van der Waals surface area contributed by atoms with E-state index >= 15 is 0 Å². The molecule has 2 rings (SSSR count). The Morgan fingerprint density at radius 2 is 2.12 bits per heavy atom. The van der Waals surface area contributed by atoms with Crippen LogP contribution in [0.25, 0.3) is 5.52 Å². The van der Waals surface area contributed by atoms with Crippen LogP contribution in [0.1, 0.15) is 16.1 Å². The molecule has 1 amide bonds. The zero-order valence-electron chi connectivity index (χ0n) is 10.4. The fraction of sp³-hybridized carbons (Fsp3) is 0.333. The molecule has 0 atom stereocenters. The van der Waals surface area contributed by atoms with E-state index in [-0.39, 0.29) is 5.91 Å². The van der Waals surface area contributed by atoms with E-state index in [1.54, 1.807) is 31.9 Å². The maximum Gasteiger partial charge on any atom is 0.257 e. The molecular weight excluding hydrogens is 218 g/mol. The Bertz CT molecular complexity index is 572. The molecule has 0 radical (unpaired) electrons. The minimum absolute atomic E-state index is 0.0624. The summed E-state index contributed by atoms with van der Waals surface area (Å²) in [7, 11) is 5.05. The minimum Gasteiger partial charge on any atom is -0.497 e. The molecule has 0 bridgehead atoms. The molecule has 2 heterocycles. The number of carbonyl (C=O) groups excluding carboxylic acids is 1. The Kier molecular flexibility index (Phi) is 2.75. The third-order valence-corrected chi connectivity index (χ3v) is 2.64. The molecule has 2 aromatic heterocycles. The number of ether oxygens (including phenoxy) is 1. The predicted octanol–water partition coefficient (Wildman–Crippen LogP) is 1.35. The predicted molar refractivity (Wildman–Crippen MR) is 64.5 cm³/mol. The molecule has 90 valence electrons. The van der Waals surface area contributed by atoms with Gasteiger partial charge in [-0.05, 0) is 6.92 Å². The SMILES string of the molecule is COc1cc(C)n2ncc(C(=O)N(C)C)c2c1. The van der Waals surface area contributed by atoms with Crippen molar-refractivity contribution >= 4 is 11.4 Å². The molecule has 0 aliphatic carbocycles. The van der Waals surface area contributed by atoms with E-state index in [0.29, 0.717) is 5.56 Å². The van der Waals surface area contributed by atoms with Gasteiger partial charge in [0.2, 0.25) is 0 Å². The van der Waals surface area contributed by atoms with Crippen molar-refractivity contribution in [3.05, 3.63) is 29.6 Å². The van der Waals surface area contributed by atoms with Gasteiger partial charge in [-0.25, -0.2) is 4.52 Å². The van der Waals surface area contributed by atoms with Crippen molar-refractivity contribution in [2.45, 2.75) is 6.92 Å². The average Bonchev–Trinajstić information content (AvgIpc) is 2.71. The summed E-state index contributed by atoms with van der Waals surface area (Å²) in [6, 6.07) is 3.70. The van der Waals surface area contributed by atoms with Crippen LogP contribution in [-0.2, 0) is 0 Å². The summed E-state index contributed by atoms with van der Waals surface area (Å²) in [5, 5.41) is 4.21. The molecule has 0 saturated carbocycles. The number of hydrogen-bond donors (Lipinski definition) is 0. The molecule has 0 saturated heterocycles. The van der Waals surface area contributed by atoms with Crippen molar-refractivity contribution in [1.29, 1.82) is 0 Å². The Balaban J connectivity index is 2.66. The second-order valence-corrected chi connectivity index (χ2v) is 4.09. The molecule has 0 unspecified atom stereocenters. The van der Waals surface area contributed by atoms with Crippen LogP contribution in [0, 0.1) is 6.92 Å². The molecule has 0 aliphatic rings. The van der Waals surface area contributed by atoms with Crippen LogP contribution in [-0.4, -0.2) is 41.6 Å². The molecule has 0 aromatic carbocycles. The molecule has 0 spiro atoms. The Hall–Kier alpha value is -2.04. The van der Waals surface area contributed by atoms with E-state index in [1.807, 2.05) is 19.1 Å². The number of amides is 1. The number of pyridine rings is 1. The van der Waals surface area contributed by atoms with Crippen molar-refractivity contribution in [2.24, 2.45) is 0 Å². The first-order valence-electron chi connectivity index (χ1n) is 5.28. The quantitative estimate of drug-likeness (QED) is 0.786. The summed E-state index contributed by atoms with van der Waals surface area (Å²) in [5.41, 5.74) is 2.27. The lowest BCUT2D eigenvalue weighted by Crippen LogP contribution is -2.21. The molecule has 5 nitrogen and oxygen atoms in total. The topological polar surface area (TPSA) is 46.8 Å². The van der Waals surface area contributed by atoms with E-state index in [9.17, 15) is 4.79 Å². The van der Waals surface area contributed by atoms with Crippen LogP contribution in [0.2, 0.25) is 0 Å². The smallest absolute Gasteiger partial charge is 0.257 e. The fourth-order valence-corrected chi connectivity index (χ4v) is 1.74. The van der Waals surface area contributed by atoms with Crippen LogP contribution in [0.5, 0.6) is 5.75 Å². The zero-order valence-corrected chi connectivity index (χ0v) is 10.4. The highest BCUT2D eigenvalue weighted by Crippen LogP contribution is 2.20. The van der Waals surface area contributed by atoms with Crippen LogP contribution in [0.3, 0.4) is 0 Å². The summed E-state index contributed by atoms with van der Waals surface area (Å²) in [5.74, 6) is 0.663. The van der Waals surface area contributed by atoms with E-state index in [1.165, 1.54) is 4.90 Å². The minimum atomic E-state index is -0.0624. The fourth-order valence-electron chi connectivity index (χ4n) is 1.74. The Morgan fingerprint density at radius 3 is 2.71 bits per heavy atom. The number of fused-ring (bicyclic) bond motifs is 1. The largest absolute Gasteiger partial charge is 0.497 e. The lowest BCUT2D eigenvalue weighted by molar-refractivity contribution is 0.0829. The number of aromatic nitrogens is 2. The highest BCUT2D eigenvalue weighted by Gasteiger charge is 2.16.